The van der Waals surface area contributed by atoms with Crippen LogP contribution in [0.3, 0.4) is 0 Å². The van der Waals surface area contributed by atoms with Crippen LogP contribution >= 0.6 is 0 Å². The lowest BCUT2D eigenvalue weighted by atomic mass is 9.91. The number of fused-ring (bicyclic) bond motifs is 3. The molecule has 1 atom stereocenters. The van der Waals surface area contributed by atoms with Gasteiger partial charge in [-0.3, -0.25) is 9.59 Å². The first-order valence-electron chi connectivity index (χ1n) is 9.96. The molecule has 0 fully saturated rings. The molecule has 156 valence electrons. The Labute approximate surface area is 172 Å². The smallest absolute Gasteiger partial charge is 0.323 e. The summed E-state index contributed by atoms with van der Waals surface area (Å²) in [7, 11) is 0. The third kappa shape index (κ3) is 4.20. The summed E-state index contributed by atoms with van der Waals surface area (Å²) >= 11 is 0. The normalized spacial score (nSPS) is 15.7. The van der Waals surface area contributed by atoms with Crippen LogP contribution in [0.4, 0.5) is 8.78 Å². The molecule has 5 nitrogen and oxygen atoms in total. The highest BCUT2D eigenvalue weighted by Crippen LogP contribution is 2.33. The second kappa shape index (κ2) is 8.26. The number of nitrogens with zero attached hydrogens (tertiary/aromatic N) is 1. The first-order valence-corrected chi connectivity index (χ1v) is 9.96. The van der Waals surface area contributed by atoms with E-state index in [0.717, 1.165) is 16.8 Å². The number of rotatable bonds is 6. The van der Waals surface area contributed by atoms with E-state index in [-0.39, 0.29) is 30.1 Å². The molecule has 30 heavy (non-hydrogen) atoms. The van der Waals surface area contributed by atoms with Crippen LogP contribution in [-0.4, -0.2) is 27.6 Å². The van der Waals surface area contributed by atoms with Crippen LogP contribution in [-0.2, 0) is 35.4 Å². The standard InChI is InChI=1S/C23H22F2N2O3/c24-15-4-1-14(2-5-15)3-10-22(28)26-17-7-9-21-19(12-17)18-11-16(25)6-8-20(18)27(21)13-23(29)30/h1-2,4-6,8,11,17H,3,7,9-10,12-13H2,(H,26,28)(H,29,30). The van der Waals surface area contributed by atoms with Gasteiger partial charge in [0.15, 0.2) is 0 Å². The van der Waals surface area contributed by atoms with Gasteiger partial charge in [-0.25, -0.2) is 8.78 Å². The second-order valence-corrected chi connectivity index (χ2v) is 7.70. The largest absolute Gasteiger partial charge is 0.480 e. The Kier molecular flexibility index (Phi) is 5.53. The fourth-order valence-corrected chi connectivity index (χ4v) is 4.27. The first-order chi connectivity index (χ1) is 14.4. The molecule has 1 aliphatic carbocycles. The van der Waals surface area contributed by atoms with Gasteiger partial charge >= 0.3 is 5.97 Å². The van der Waals surface area contributed by atoms with Gasteiger partial charge in [-0.2, -0.15) is 0 Å². The minimum atomic E-state index is -0.949. The molecule has 2 N–H and O–H groups in total. The molecule has 1 aliphatic rings. The Morgan fingerprint density at radius 3 is 2.57 bits per heavy atom. The van der Waals surface area contributed by atoms with Crippen molar-refractivity contribution in [1.29, 1.82) is 0 Å². The van der Waals surface area contributed by atoms with Crippen molar-refractivity contribution in [3.8, 4) is 0 Å². The molecule has 0 radical (unpaired) electrons. The molecule has 0 bridgehead atoms. The number of benzene rings is 2. The molecule has 0 saturated carbocycles. The van der Waals surface area contributed by atoms with Crippen molar-refractivity contribution < 1.29 is 23.5 Å². The number of carbonyl (C=O) groups excluding carboxylic acids is 1. The van der Waals surface area contributed by atoms with Crippen LogP contribution in [0.1, 0.15) is 29.7 Å². The fraction of sp³-hybridized carbons (Fsp3) is 0.304. The lowest BCUT2D eigenvalue weighted by Crippen LogP contribution is -2.39. The molecule has 7 heteroatoms. The summed E-state index contributed by atoms with van der Waals surface area (Å²) in [5.74, 6) is -1.72. The van der Waals surface area contributed by atoms with Crippen molar-refractivity contribution in [3.05, 3.63) is 70.9 Å². The zero-order chi connectivity index (χ0) is 21.3. The molecule has 0 aliphatic heterocycles. The monoisotopic (exact) mass is 412 g/mol. The molecule has 0 saturated heterocycles. The summed E-state index contributed by atoms with van der Waals surface area (Å²) in [5.41, 5.74) is 3.40. The number of aliphatic carboxylic acids is 1. The molecule has 1 amide bonds. The van der Waals surface area contributed by atoms with Crippen LogP contribution in [0.2, 0.25) is 0 Å². The molecule has 2 aromatic carbocycles. The number of nitrogens with one attached hydrogen (secondary N) is 1. The van der Waals surface area contributed by atoms with E-state index in [0.29, 0.717) is 43.0 Å². The van der Waals surface area contributed by atoms with Gasteiger partial charge in [0.25, 0.3) is 0 Å². The zero-order valence-corrected chi connectivity index (χ0v) is 16.3. The number of carbonyl (C=O) groups is 2. The quantitative estimate of drug-likeness (QED) is 0.650. The van der Waals surface area contributed by atoms with Crippen LogP contribution in [0.25, 0.3) is 10.9 Å². The van der Waals surface area contributed by atoms with Crippen LogP contribution < -0.4 is 5.32 Å². The summed E-state index contributed by atoms with van der Waals surface area (Å²) < 4.78 is 28.6. The maximum atomic E-state index is 13.9. The van der Waals surface area contributed by atoms with Gasteiger partial charge in [0.2, 0.25) is 5.91 Å². The van der Waals surface area contributed by atoms with Crippen molar-refractivity contribution in [1.82, 2.24) is 9.88 Å². The minimum Gasteiger partial charge on any atom is -0.480 e. The summed E-state index contributed by atoms with van der Waals surface area (Å²) in [5, 5.41) is 13.0. The third-order valence-electron chi connectivity index (χ3n) is 5.64. The number of aromatic nitrogens is 1. The van der Waals surface area contributed by atoms with E-state index >= 15 is 0 Å². The van der Waals surface area contributed by atoms with Crippen molar-refractivity contribution >= 4 is 22.8 Å². The molecule has 1 aromatic heterocycles. The van der Waals surface area contributed by atoms with Gasteiger partial charge in [-0.05, 0) is 67.1 Å². The van der Waals surface area contributed by atoms with E-state index in [1.54, 1.807) is 22.8 Å². The molecular formula is C23H22F2N2O3. The number of amides is 1. The maximum absolute atomic E-state index is 13.9. The Bertz CT molecular complexity index is 1110. The van der Waals surface area contributed by atoms with Crippen molar-refractivity contribution in [3.63, 3.8) is 0 Å². The van der Waals surface area contributed by atoms with Crippen LogP contribution in [0, 0.1) is 11.6 Å². The average Bonchev–Trinajstić information content (AvgIpc) is 2.99. The maximum Gasteiger partial charge on any atom is 0.323 e. The van der Waals surface area contributed by atoms with Crippen molar-refractivity contribution in [2.45, 2.75) is 44.7 Å². The highest BCUT2D eigenvalue weighted by Gasteiger charge is 2.27. The SMILES string of the molecule is O=C(O)Cn1c2c(c3cc(F)ccc31)CC(NC(=O)CCc1ccc(F)cc1)CC2. The fourth-order valence-electron chi connectivity index (χ4n) is 4.27. The van der Waals surface area contributed by atoms with Gasteiger partial charge in [-0.15, -0.1) is 0 Å². The van der Waals surface area contributed by atoms with Gasteiger partial charge in [-0.1, -0.05) is 12.1 Å². The summed E-state index contributed by atoms with van der Waals surface area (Å²) in [6.45, 7) is -0.174. The lowest BCUT2D eigenvalue weighted by molar-refractivity contribution is -0.137. The highest BCUT2D eigenvalue weighted by atomic mass is 19.1. The minimum absolute atomic E-state index is 0.0896. The Morgan fingerprint density at radius 1 is 1.10 bits per heavy atom. The number of carboxylic acids is 1. The number of hydrogen-bond donors (Lipinski definition) is 2. The van der Waals surface area contributed by atoms with Gasteiger partial charge in [0.1, 0.15) is 18.2 Å². The van der Waals surface area contributed by atoms with Crippen molar-refractivity contribution in [2.24, 2.45) is 0 Å². The molecule has 0 spiro atoms. The average molecular weight is 412 g/mol. The zero-order valence-electron chi connectivity index (χ0n) is 16.3. The number of aryl methyl sites for hydroxylation is 1. The van der Waals surface area contributed by atoms with Crippen LogP contribution in [0.5, 0.6) is 0 Å². The van der Waals surface area contributed by atoms with Gasteiger partial charge in [0, 0.05) is 29.1 Å². The van der Waals surface area contributed by atoms with E-state index in [4.69, 9.17) is 0 Å². The third-order valence-corrected chi connectivity index (χ3v) is 5.64. The molecule has 3 aromatic rings. The molecular weight excluding hydrogens is 390 g/mol. The Balaban J connectivity index is 1.48. The van der Waals surface area contributed by atoms with Crippen molar-refractivity contribution in [2.75, 3.05) is 0 Å². The number of hydrogen-bond acceptors (Lipinski definition) is 2. The molecule has 1 heterocycles. The first kappa shape index (κ1) is 20.1. The second-order valence-electron chi connectivity index (χ2n) is 7.70. The Hall–Kier alpha value is -3.22. The molecule has 1 unspecified atom stereocenters. The number of halogens is 2. The van der Waals surface area contributed by atoms with E-state index in [1.807, 2.05) is 0 Å². The Morgan fingerprint density at radius 2 is 1.83 bits per heavy atom. The van der Waals surface area contributed by atoms with E-state index in [9.17, 15) is 23.5 Å². The summed E-state index contributed by atoms with van der Waals surface area (Å²) in [6.07, 6.45) is 2.65. The topological polar surface area (TPSA) is 71.3 Å². The summed E-state index contributed by atoms with van der Waals surface area (Å²) in [6, 6.07) is 10.4. The van der Waals surface area contributed by atoms with Gasteiger partial charge in [0.05, 0.1) is 0 Å². The van der Waals surface area contributed by atoms with Gasteiger partial charge < -0.3 is 15.0 Å². The van der Waals surface area contributed by atoms with Crippen LogP contribution in [0.15, 0.2) is 42.5 Å². The van der Waals surface area contributed by atoms with E-state index in [1.165, 1.54) is 24.3 Å². The highest BCUT2D eigenvalue weighted by molar-refractivity contribution is 5.87. The molecule has 4 rings (SSSR count). The van der Waals surface area contributed by atoms with E-state index < -0.39 is 5.97 Å². The number of carboxylic acid groups (broad SMARTS) is 1. The van der Waals surface area contributed by atoms with E-state index in [2.05, 4.69) is 5.32 Å². The predicted molar refractivity (Wildman–Crippen MR) is 108 cm³/mol. The lowest BCUT2D eigenvalue weighted by Gasteiger charge is -2.25. The summed E-state index contributed by atoms with van der Waals surface area (Å²) in [4.78, 5) is 23.7. The predicted octanol–water partition coefficient (Wildman–Crippen LogP) is 3.61.